The van der Waals surface area contributed by atoms with Gasteiger partial charge in [0.1, 0.15) is 18.3 Å². The Hall–Kier alpha value is -2.01. The molecule has 0 saturated carbocycles. The number of imidazole rings is 1. The van der Waals surface area contributed by atoms with E-state index in [0.717, 1.165) is 0 Å². The van der Waals surface area contributed by atoms with Gasteiger partial charge in [-0.05, 0) is 5.92 Å². The summed E-state index contributed by atoms with van der Waals surface area (Å²) in [5.41, 5.74) is 3.87. The van der Waals surface area contributed by atoms with Crippen LogP contribution in [-0.2, 0) is 10.5 Å². The van der Waals surface area contributed by atoms with Gasteiger partial charge in [0.15, 0.2) is 16.9 Å². The molecule has 2 aromatic rings. The van der Waals surface area contributed by atoms with E-state index in [1.54, 1.807) is 0 Å². The molecule has 0 aliphatic carbocycles. The maximum absolute atomic E-state index is 12.0. The van der Waals surface area contributed by atoms with Crippen LogP contribution in [0.5, 0.6) is 0 Å². The van der Waals surface area contributed by atoms with Gasteiger partial charge in [0, 0.05) is 6.42 Å². The van der Waals surface area contributed by atoms with Crippen molar-refractivity contribution in [3.63, 3.8) is 0 Å². The van der Waals surface area contributed by atoms with Crippen molar-refractivity contribution in [3.8, 4) is 0 Å². The number of rotatable bonds is 4. The molecular formula is C14H21N5O5. The molecule has 3 heterocycles. The van der Waals surface area contributed by atoms with Gasteiger partial charge in [-0.1, -0.05) is 13.8 Å². The summed E-state index contributed by atoms with van der Waals surface area (Å²) in [6, 6.07) is 0. The highest BCUT2D eigenvalue weighted by Gasteiger charge is 2.56. The lowest BCUT2D eigenvalue weighted by Crippen LogP contribution is -2.46. The Morgan fingerprint density at radius 3 is 2.79 bits per heavy atom. The van der Waals surface area contributed by atoms with Gasteiger partial charge < -0.3 is 25.8 Å². The van der Waals surface area contributed by atoms with Gasteiger partial charge in [-0.3, -0.25) is 14.3 Å². The van der Waals surface area contributed by atoms with Crippen LogP contribution >= 0.6 is 0 Å². The topological polar surface area (TPSA) is 160 Å². The van der Waals surface area contributed by atoms with Crippen molar-refractivity contribution in [2.75, 3.05) is 12.3 Å². The first-order chi connectivity index (χ1) is 11.3. The maximum atomic E-state index is 12.0. The fourth-order valence-corrected chi connectivity index (χ4v) is 3.27. The van der Waals surface area contributed by atoms with Gasteiger partial charge in [0.05, 0.1) is 12.9 Å². The van der Waals surface area contributed by atoms with E-state index >= 15 is 0 Å². The smallest absolute Gasteiger partial charge is 0.280 e. The van der Waals surface area contributed by atoms with E-state index < -0.39 is 36.2 Å². The molecule has 10 heteroatoms. The average molecular weight is 339 g/mol. The molecule has 1 fully saturated rings. The number of nitrogens with zero attached hydrogens (tertiary/aromatic N) is 3. The number of ether oxygens (including phenoxy) is 1. The minimum Gasteiger partial charge on any atom is -0.394 e. The SMILES string of the molecule is CC(C)C[C@@]1(n2cnc3c(=O)[nH]c(N)nc32)O[C@H](CO)[C@@H](O)[C@H]1O. The third kappa shape index (κ3) is 2.38. The Bertz CT molecular complexity index is 802. The molecule has 6 N–H and O–H groups in total. The van der Waals surface area contributed by atoms with Gasteiger partial charge in [-0.15, -0.1) is 0 Å². The monoisotopic (exact) mass is 339 g/mol. The molecule has 24 heavy (non-hydrogen) atoms. The van der Waals surface area contributed by atoms with Crippen molar-refractivity contribution >= 4 is 17.1 Å². The van der Waals surface area contributed by atoms with Gasteiger partial charge in [-0.2, -0.15) is 4.98 Å². The van der Waals surface area contributed by atoms with Crippen LogP contribution in [0.15, 0.2) is 11.1 Å². The number of aromatic nitrogens is 4. The Balaban J connectivity index is 2.23. The van der Waals surface area contributed by atoms with Crippen LogP contribution in [0.2, 0.25) is 0 Å². The number of aromatic amines is 1. The van der Waals surface area contributed by atoms with E-state index in [1.165, 1.54) is 10.9 Å². The second-order valence-corrected chi connectivity index (χ2v) is 6.46. The van der Waals surface area contributed by atoms with Crippen LogP contribution in [0.1, 0.15) is 20.3 Å². The average Bonchev–Trinajstić information content (AvgIpc) is 3.02. The molecule has 0 amide bonds. The number of nitrogens with two attached hydrogens (primary N) is 1. The molecule has 10 nitrogen and oxygen atoms in total. The van der Waals surface area contributed by atoms with E-state index in [-0.39, 0.29) is 23.0 Å². The van der Waals surface area contributed by atoms with E-state index in [0.29, 0.717) is 6.42 Å². The van der Waals surface area contributed by atoms with Gasteiger partial charge in [0.2, 0.25) is 5.95 Å². The summed E-state index contributed by atoms with van der Waals surface area (Å²) in [4.78, 5) is 22.5. The first-order valence-electron chi connectivity index (χ1n) is 7.68. The normalized spacial score (nSPS) is 30.5. The molecule has 2 aromatic heterocycles. The lowest BCUT2D eigenvalue weighted by Gasteiger charge is -2.35. The fraction of sp³-hybridized carbons (Fsp3) is 0.643. The Kier molecular flexibility index (Phi) is 4.08. The summed E-state index contributed by atoms with van der Waals surface area (Å²) in [6.07, 6.45) is -1.95. The molecule has 0 aromatic carbocycles. The number of nitrogens with one attached hydrogen (secondary N) is 1. The molecule has 3 rings (SSSR count). The Labute approximate surface area is 136 Å². The summed E-state index contributed by atoms with van der Waals surface area (Å²) >= 11 is 0. The maximum Gasteiger partial charge on any atom is 0.280 e. The summed E-state index contributed by atoms with van der Waals surface area (Å²) in [7, 11) is 0. The molecule has 1 aliphatic rings. The van der Waals surface area contributed by atoms with Crippen LogP contribution in [0, 0.1) is 5.92 Å². The summed E-state index contributed by atoms with van der Waals surface area (Å²) < 4.78 is 7.26. The van der Waals surface area contributed by atoms with Crippen molar-refractivity contribution in [1.29, 1.82) is 0 Å². The standard InChI is InChI=1S/C14H21N5O5/c1-6(2)3-14(10(22)9(21)7(4-20)24-14)19-5-16-8-11(19)17-13(15)18-12(8)23/h5-7,9-10,20-22H,3-4H2,1-2H3,(H3,15,17,18,23)/t7-,9-,10-,14-/m1/s1. The third-order valence-corrected chi connectivity index (χ3v) is 4.24. The zero-order chi connectivity index (χ0) is 17.6. The van der Waals surface area contributed by atoms with Crippen molar-refractivity contribution in [2.45, 2.75) is 44.3 Å². The summed E-state index contributed by atoms with van der Waals surface area (Å²) in [6.45, 7) is 3.38. The highest BCUT2D eigenvalue weighted by molar-refractivity contribution is 5.70. The quantitative estimate of drug-likeness (QED) is 0.450. The molecule has 0 unspecified atom stereocenters. The van der Waals surface area contributed by atoms with Crippen molar-refractivity contribution in [2.24, 2.45) is 5.92 Å². The van der Waals surface area contributed by atoms with Gasteiger partial charge in [0.25, 0.3) is 5.56 Å². The molecule has 132 valence electrons. The number of hydrogen-bond acceptors (Lipinski definition) is 8. The van der Waals surface area contributed by atoms with Crippen LogP contribution < -0.4 is 11.3 Å². The number of H-pyrrole nitrogens is 1. The molecule has 0 radical (unpaired) electrons. The minimum absolute atomic E-state index is 0.0464. The highest BCUT2D eigenvalue weighted by atomic mass is 16.6. The van der Waals surface area contributed by atoms with Crippen LogP contribution in [-0.4, -0.2) is 59.8 Å². The van der Waals surface area contributed by atoms with Crippen molar-refractivity contribution < 1.29 is 20.1 Å². The summed E-state index contributed by atoms with van der Waals surface area (Å²) in [5.74, 6) is -0.0261. The predicted octanol–water partition coefficient (Wildman–Crippen LogP) is -1.49. The zero-order valence-corrected chi connectivity index (χ0v) is 13.4. The summed E-state index contributed by atoms with van der Waals surface area (Å²) in [5, 5.41) is 30.3. The van der Waals surface area contributed by atoms with Crippen LogP contribution in [0.3, 0.4) is 0 Å². The highest BCUT2D eigenvalue weighted by Crippen LogP contribution is 2.41. The van der Waals surface area contributed by atoms with Crippen molar-refractivity contribution in [3.05, 3.63) is 16.7 Å². The van der Waals surface area contributed by atoms with Crippen LogP contribution in [0.25, 0.3) is 11.2 Å². The molecule has 0 spiro atoms. The zero-order valence-electron chi connectivity index (χ0n) is 13.4. The number of aliphatic hydroxyl groups excluding tert-OH is 3. The van der Waals surface area contributed by atoms with E-state index in [1.807, 2.05) is 13.8 Å². The Morgan fingerprint density at radius 2 is 2.21 bits per heavy atom. The largest absolute Gasteiger partial charge is 0.394 e. The lowest BCUT2D eigenvalue weighted by atomic mass is 9.93. The van der Waals surface area contributed by atoms with Crippen LogP contribution in [0.4, 0.5) is 5.95 Å². The number of hydrogen-bond donors (Lipinski definition) is 5. The predicted molar refractivity (Wildman–Crippen MR) is 84.0 cm³/mol. The molecule has 1 saturated heterocycles. The van der Waals surface area contributed by atoms with E-state index in [4.69, 9.17) is 10.5 Å². The first kappa shape index (κ1) is 16.8. The van der Waals surface area contributed by atoms with E-state index in [9.17, 15) is 20.1 Å². The third-order valence-electron chi connectivity index (χ3n) is 4.24. The number of fused-ring (bicyclic) bond motifs is 1. The number of anilines is 1. The molecular weight excluding hydrogens is 318 g/mol. The Morgan fingerprint density at radius 1 is 1.50 bits per heavy atom. The second-order valence-electron chi connectivity index (χ2n) is 6.46. The fourth-order valence-electron chi connectivity index (χ4n) is 3.27. The number of nitrogen functional groups attached to an aromatic ring is 1. The molecule has 4 atom stereocenters. The van der Waals surface area contributed by atoms with E-state index in [2.05, 4.69) is 15.0 Å². The van der Waals surface area contributed by atoms with Gasteiger partial charge in [-0.25, -0.2) is 4.98 Å². The van der Waals surface area contributed by atoms with Crippen molar-refractivity contribution in [1.82, 2.24) is 19.5 Å². The second kappa shape index (κ2) is 5.81. The molecule has 1 aliphatic heterocycles. The lowest BCUT2D eigenvalue weighted by molar-refractivity contribution is -0.156. The van der Waals surface area contributed by atoms with Gasteiger partial charge >= 0.3 is 0 Å². The first-order valence-corrected chi connectivity index (χ1v) is 7.68. The molecule has 0 bridgehead atoms. The minimum atomic E-state index is -1.41. The number of aliphatic hydroxyl groups is 3.